The van der Waals surface area contributed by atoms with Gasteiger partial charge in [0, 0.05) is 25.6 Å². The van der Waals surface area contributed by atoms with Crippen LogP contribution in [0.4, 0.5) is 11.6 Å². The van der Waals surface area contributed by atoms with Crippen molar-refractivity contribution in [2.24, 2.45) is 17.7 Å². The summed E-state index contributed by atoms with van der Waals surface area (Å²) in [6, 6.07) is 0. The number of nitrogens with two attached hydrogens (primary N) is 1. The van der Waals surface area contributed by atoms with E-state index in [9.17, 15) is 0 Å². The van der Waals surface area contributed by atoms with Gasteiger partial charge in [-0.2, -0.15) is 0 Å². The molecule has 1 aliphatic carbocycles. The second kappa shape index (κ2) is 5.10. The zero-order chi connectivity index (χ0) is 13.3. The Bertz CT molecular complexity index is 432. The molecule has 0 amide bonds. The first-order valence-corrected chi connectivity index (χ1v) is 6.62. The van der Waals surface area contributed by atoms with Crippen LogP contribution in [-0.4, -0.2) is 23.6 Å². The van der Waals surface area contributed by atoms with Crippen molar-refractivity contribution < 1.29 is 0 Å². The summed E-state index contributed by atoms with van der Waals surface area (Å²) >= 11 is 0. The molecule has 100 valence electrons. The third kappa shape index (κ3) is 2.56. The highest BCUT2D eigenvalue weighted by atomic mass is 15.3. The fraction of sp³-hybridized carbons (Fsp3) is 0.692. The van der Waals surface area contributed by atoms with Crippen LogP contribution in [0, 0.1) is 18.8 Å². The Hall–Kier alpha value is -1.36. The van der Waals surface area contributed by atoms with Crippen LogP contribution in [0.2, 0.25) is 0 Å². The number of aromatic nitrogens is 2. The Morgan fingerprint density at radius 2 is 2.11 bits per heavy atom. The minimum atomic E-state index is 0.729. The molecule has 0 spiro atoms. The van der Waals surface area contributed by atoms with Crippen molar-refractivity contribution >= 4 is 11.6 Å². The molecule has 5 heteroatoms. The lowest BCUT2D eigenvalue weighted by Crippen LogP contribution is -2.24. The van der Waals surface area contributed by atoms with E-state index in [0.29, 0.717) is 0 Å². The fourth-order valence-corrected chi connectivity index (χ4v) is 2.31. The minimum absolute atomic E-state index is 0.729. The Labute approximate surface area is 109 Å². The molecule has 1 aromatic heterocycles. The van der Waals surface area contributed by atoms with Crippen LogP contribution in [0.25, 0.3) is 0 Å². The van der Waals surface area contributed by atoms with Gasteiger partial charge in [-0.25, -0.2) is 15.8 Å². The third-order valence-corrected chi connectivity index (χ3v) is 3.77. The Balaban J connectivity index is 2.24. The van der Waals surface area contributed by atoms with E-state index in [1.54, 1.807) is 0 Å². The Morgan fingerprint density at radius 3 is 2.61 bits per heavy atom. The van der Waals surface area contributed by atoms with Crippen LogP contribution >= 0.6 is 0 Å². The van der Waals surface area contributed by atoms with Gasteiger partial charge in [0.1, 0.15) is 17.5 Å². The van der Waals surface area contributed by atoms with Crippen LogP contribution < -0.4 is 16.2 Å². The van der Waals surface area contributed by atoms with Gasteiger partial charge in [-0.15, -0.1) is 0 Å². The number of nitrogens with zero attached hydrogens (tertiary/aromatic N) is 3. The van der Waals surface area contributed by atoms with Crippen LogP contribution in [0.15, 0.2) is 0 Å². The largest absolute Gasteiger partial charge is 0.359 e. The quantitative estimate of drug-likeness (QED) is 0.614. The van der Waals surface area contributed by atoms with Gasteiger partial charge >= 0.3 is 0 Å². The Kier molecular flexibility index (Phi) is 3.71. The number of anilines is 2. The highest BCUT2D eigenvalue weighted by Crippen LogP contribution is 2.39. The van der Waals surface area contributed by atoms with E-state index in [1.165, 1.54) is 6.42 Å². The summed E-state index contributed by atoms with van der Waals surface area (Å²) in [5, 5.41) is 0. The molecule has 1 aliphatic rings. The number of nitrogens with one attached hydrogen (secondary N) is 1. The monoisotopic (exact) mass is 249 g/mol. The van der Waals surface area contributed by atoms with Gasteiger partial charge in [-0.3, -0.25) is 0 Å². The molecule has 3 N–H and O–H groups in total. The maximum Gasteiger partial charge on any atom is 0.148 e. The minimum Gasteiger partial charge on any atom is -0.359 e. The van der Waals surface area contributed by atoms with Crippen molar-refractivity contribution in [3.8, 4) is 0 Å². The third-order valence-electron chi connectivity index (χ3n) is 3.77. The second-order valence-electron chi connectivity index (χ2n) is 5.29. The molecule has 2 atom stereocenters. The molecule has 5 nitrogen and oxygen atoms in total. The molecular weight excluding hydrogens is 226 g/mol. The molecular formula is C13H23N5. The van der Waals surface area contributed by atoms with E-state index in [4.69, 9.17) is 5.84 Å². The predicted molar refractivity (Wildman–Crippen MR) is 74.5 cm³/mol. The molecule has 1 heterocycles. The molecule has 0 radical (unpaired) electrons. The van der Waals surface area contributed by atoms with Crippen LogP contribution in [0.5, 0.6) is 0 Å². The van der Waals surface area contributed by atoms with Gasteiger partial charge in [0.15, 0.2) is 0 Å². The molecule has 0 bridgehead atoms. The smallest absolute Gasteiger partial charge is 0.148 e. The van der Waals surface area contributed by atoms with Gasteiger partial charge in [-0.1, -0.05) is 13.8 Å². The molecule has 2 rings (SSSR count). The molecule has 2 unspecified atom stereocenters. The summed E-state index contributed by atoms with van der Waals surface area (Å²) in [5.74, 6) is 9.74. The summed E-state index contributed by atoms with van der Waals surface area (Å²) in [6.45, 7) is 7.43. The molecule has 1 saturated carbocycles. The first-order valence-electron chi connectivity index (χ1n) is 6.62. The number of rotatable bonds is 5. The SMILES string of the molecule is CCc1nc(NN)c(C)c(N(C)CC2CC2C)n1. The van der Waals surface area contributed by atoms with Gasteiger partial charge in [0.2, 0.25) is 0 Å². The summed E-state index contributed by atoms with van der Waals surface area (Å²) in [5.41, 5.74) is 3.68. The van der Waals surface area contributed by atoms with E-state index in [1.807, 2.05) is 6.92 Å². The predicted octanol–water partition coefficient (Wildman–Crippen LogP) is 1.73. The first-order chi connectivity index (χ1) is 8.56. The lowest BCUT2D eigenvalue weighted by atomic mass is 10.2. The highest BCUT2D eigenvalue weighted by molar-refractivity contribution is 5.58. The van der Waals surface area contributed by atoms with Gasteiger partial charge in [-0.05, 0) is 25.2 Å². The molecule has 0 saturated heterocycles. The zero-order valence-electron chi connectivity index (χ0n) is 11.7. The summed E-state index contributed by atoms with van der Waals surface area (Å²) in [7, 11) is 2.10. The normalized spacial score (nSPS) is 21.8. The average molecular weight is 249 g/mol. The van der Waals surface area contributed by atoms with Crippen LogP contribution in [0.1, 0.15) is 31.7 Å². The second-order valence-corrected chi connectivity index (χ2v) is 5.29. The van der Waals surface area contributed by atoms with Crippen molar-refractivity contribution in [1.82, 2.24) is 9.97 Å². The number of hydrazine groups is 1. The van der Waals surface area contributed by atoms with Crippen molar-refractivity contribution in [1.29, 1.82) is 0 Å². The maximum absolute atomic E-state index is 5.52. The first kappa shape index (κ1) is 13.1. The van der Waals surface area contributed by atoms with Gasteiger partial charge < -0.3 is 10.3 Å². The standard InChI is InChI=1S/C13H23N5/c1-5-11-15-12(17-14)9(3)13(16-11)18(4)7-10-6-8(10)2/h8,10H,5-7,14H2,1-4H3,(H,15,16,17). The molecule has 18 heavy (non-hydrogen) atoms. The van der Waals surface area contributed by atoms with E-state index in [0.717, 1.165) is 47.8 Å². The average Bonchev–Trinajstić information content (AvgIpc) is 3.05. The highest BCUT2D eigenvalue weighted by Gasteiger charge is 2.33. The maximum atomic E-state index is 5.52. The number of nitrogen functional groups attached to an aromatic ring is 1. The zero-order valence-corrected chi connectivity index (χ0v) is 11.7. The molecule has 0 aromatic carbocycles. The van der Waals surface area contributed by atoms with E-state index in [2.05, 4.69) is 41.2 Å². The van der Waals surface area contributed by atoms with Gasteiger partial charge in [0.25, 0.3) is 0 Å². The van der Waals surface area contributed by atoms with Crippen LogP contribution in [0.3, 0.4) is 0 Å². The molecule has 1 fully saturated rings. The Morgan fingerprint density at radius 1 is 1.44 bits per heavy atom. The van der Waals surface area contributed by atoms with Crippen molar-refractivity contribution in [3.05, 3.63) is 11.4 Å². The fourth-order valence-electron chi connectivity index (χ4n) is 2.31. The van der Waals surface area contributed by atoms with Crippen LogP contribution in [-0.2, 0) is 6.42 Å². The summed E-state index contributed by atoms with van der Waals surface area (Å²) in [4.78, 5) is 11.2. The molecule has 0 aliphatic heterocycles. The summed E-state index contributed by atoms with van der Waals surface area (Å²) in [6.07, 6.45) is 2.15. The topological polar surface area (TPSA) is 67.1 Å². The van der Waals surface area contributed by atoms with Gasteiger partial charge in [0.05, 0.1) is 0 Å². The van der Waals surface area contributed by atoms with E-state index < -0.39 is 0 Å². The number of hydrogen-bond acceptors (Lipinski definition) is 5. The lowest BCUT2D eigenvalue weighted by Gasteiger charge is -2.22. The van der Waals surface area contributed by atoms with Crippen molar-refractivity contribution in [2.45, 2.75) is 33.6 Å². The van der Waals surface area contributed by atoms with E-state index >= 15 is 0 Å². The summed E-state index contributed by atoms with van der Waals surface area (Å²) < 4.78 is 0. The van der Waals surface area contributed by atoms with Crippen molar-refractivity contribution in [3.63, 3.8) is 0 Å². The van der Waals surface area contributed by atoms with E-state index in [-0.39, 0.29) is 0 Å². The van der Waals surface area contributed by atoms with Crippen molar-refractivity contribution in [2.75, 3.05) is 23.9 Å². The number of aryl methyl sites for hydroxylation is 1. The number of hydrogen-bond donors (Lipinski definition) is 2. The molecule has 1 aromatic rings. The lowest BCUT2D eigenvalue weighted by molar-refractivity contribution is 0.714.